The van der Waals surface area contributed by atoms with Crippen LogP contribution in [0.4, 0.5) is 13.2 Å². The van der Waals surface area contributed by atoms with Crippen LogP contribution in [0.2, 0.25) is 0 Å². The lowest BCUT2D eigenvalue weighted by atomic mass is 10.1. The van der Waals surface area contributed by atoms with Crippen LogP contribution in [0.25, 0.3) is 0 Å². The number of nitrogens with two attached hydrogens (primary N) is 1. The van der Waals surface area contributed by atoms with Gasteiger partial charge < -0.3 is 10.6 Å². The third-order valence-corrected chi connectivity index (χ3v) is 2.57. The number of carbonyl (C=O) groups excluding carboxylic acids is 1. The monoisotopic (exact) mass is 260 g/mol. The van der Waals surface area contributed by atoms with E-state index in [0.717, 1.165) is 0 Å². The first kappa shape index (κ1) is 14.5. The molecular weight excluding hydrogens is 245 g/mol. The Morgan fingerprint density at radius 3 is 2.28 bits per heavy atom. The van der Waals surface area contributed by atoms with Crippen molar-refractivity contribution in [2.75, 3.05) is 20.1 Å². The van der Waals surface area contributed by atoms with E-state index >= 15 is 0 Å². The zero-order chi connectivity index (χ0) is 13.9. The van der Waals surface area contributed by atoms with Crippen LogP contribution in [0.3, 0.4) is 0 Å². The van der Waals surface area contributed by atoms with Crippen molar-refractivity contribution in [1.29, 1.82) is 0 Å². The highest BCUT2D eigenvalue weighted by Crippen LogP contribution is 2.15. The molecule has 0 radical (unpaired) electrons. The molecule has 0 aromatic heterocycles. The minimum Gasteiger partial charge on any atom is -0.341 e. The second-order valence-corrected chi connectivity index (χ2v) is 4.28. The number of hydrogen-bond donors (Lipinski definition) is 1. The molecule has 6 heteroatoms. The minimum atomic E-state index is -1.58. The lowest BCUT2D eigenvalue weighted by Crippen LogP contribution is -2.33. The quantitative estimate of drug-likeness (QED) is 0.839. The van der Waals surface area contributed by atoms with Crippen molar-refractivity contribution in [2.45, 2.75) is 6.92 Å². The van der Waals surface area contributed by atoms with Crippen LogP contribution in [0.15, 0.2) is 12.1 Å². The van der Waals surface area contributed by atoms with Gasteiger partial charge in [0.25, 0.3) is 5.91 Å². The molecule has 1 aromatic carbocycles. The average molecular weight is 260 g/mol. The Morgan fingerprint density at radius 1 is 1.33 bits per heavy atom. The molecule has 18 heavy (non-hydrogen) atoms. The van der Waals surface area contributed by atoms with Gasteiger partial charge in [-0.1, -0.05) is 6.92 Å². The van der Waals surface area contributed by atoms with Crippen molar-refractivity contribution in [3.8, 4) is 0 Å². The Morgan fingerprint density at radius 2 is 1.83 bits per heavy atom. The maximum absolute atomic E-state index is 13.0. The first-order valence-electron chi connectivity index (χ1n) is 5.46. The van der Waals surface area contributed by atoms with Crippen molar-refractivity contribution < 1.29 is 18.0 Å². The number of benzene rings is 1. The molecule has 0 spiro atoms. The highest BCUT2D eigenvalue weighted by Gasteiger charge is 2.18. The van der Waals surface area contributed by atoms with Crippen molar-refractivity contribution in [3.05, 3.63) is 35.1 Å². The van der Waals surface area contributed by atoms with Gasteiger partial charge in [0.15, 0.2) is 17.5 Å². The van der Waals surface area contributed by atoms with Gasteiger partial charge in [-0.2, -0.15) is 0 Å². The number of rotatable bonds is 4. The molecule has 1 amide bonds. The summed E-state index contributed by atoms with van der Waals surface area (Å²) >= 11 is 0. The van der Waals surface area contributed by atoms with Crippen LogP contribution in [-0.4, -0.2) is 30.9 Å². The van der Waals surface area contributed by atoms with E-state index in [-0.39, 0.29) is 11.5 Å². The molecule has 0 saturated carbocycles. The third-order valence-electron chi connectivity index (χ3n) is 2.57. The van der Waals surface area contributed by atoms with Gasteiger partial charge >= 0.3 is 0 Å². The normalized spacial score (nSPS) is 12.3. The summed E-state index contributed by atoms with van der Waals surface area (Å²) in [6.45, 7) is 2.59. The molecule has 0 bridgehead atoms. The highest BCUT2D eigenvalue weighted by molar-refractivity contribution is 5.94. The van der Waals surface area contributed by atoms with Gasteiger partial charge in [0, 0.05) is 19.2 Å². The minimum absolute atomic E-state index is 0.0640. The van der Waals surface area contributed by atoms with Gasteiger partial charge in [-0.15, -0.1) is 0 Å². The van der Waals surface area contributed by atoms with E-state index in [4.69, 9.17) is 5.73 Å². The van der Waals surface area contributed by atoms with Crippen molar-refractivity contribution in [3.63, 3.8) is 0 Å². The molecule has 0 aliphatic carbocycles. The lowest BCUT2D eigenvalue weighted by molar-refractivity contribution is 0.0776. The molecule has 0 aliphatic heterocycles. The number of hydrogen-bond acceptors (Lipinski definition) is 2. The number of nitrogens with zero attached hydrogens (tertiary/aromatic N) is 1. The molecular formula is C12H15F3N2O. The Bertz CT molecular complexity index is 428. The Hall–Kier alpha value is -1.56. The maximum atomic E-state index is 13.0. The summed E-state index contributed by atoms with van der Waals surface area (Å²) < 4.78 is 38.7. The predicted octanol–water partition coefficient (Wildman–Crippen LogP) is 1.77. The standard InChI is InChI=1S/C12H15F3N2O/c1-7(5-16)6-17(2)12(18)8-3-9(13)11(15)10(14)4-8/h3-4,7H,5-6,16H2,1-2H3. The van der Waals surface area contributed by atoms with Gasteiger partial charge in [0.2, 0.25) is 0 Å². The maximum Gasteiger partial charge on any atom is 0.253 e. The number of carbonyl (C=O) groups is 1. The van der Waals surface area contributed by atoms with E-state index in [0.29, 0.717) is 25.2 Å². The molecule has 1 atom stereocenters. The molecule has 2 N–H and O–H groups in total. The topological polar surface area (TPSA) is 46.3 Å². The molecule has 0 aliphatic rings. The van der Waals surface area contributed by atoms with Crippen molar-refractivity contribution >= 4 is 5.91 Å². The summed E-state index contributed by atoms with van der Waals surface area (Å²) in [7, 11) is 1.49. The molecule has 0 heterocycles. The van der Waals surface area contributed by atoms with E-state index in [2.05, 4.69) is 0 Å². The van der Waals surface area contributed by atoms with E-state index in [1.807, 2.05) is 6.92 Å². The van der Waals surface area contributed by atoms with Crippen LogP contribution in [0.1, 0.15) is 17.3 Å². The molecule has 100 valence electrons. The predicted molar refractivity (Wildman–Crippen MR) is 61.5 cm³/mol. The number of halogens is 3. The molecule has 3 nitrogen and oxygen atoms in total. The second-order valence-electron chi connectivity index (χ2n) is 4.28. The summed E-state index contributed by atoms with van der Waals surface area (Å²) in [5.74, 6) is -4.84. The van der Waals surface area contributed by atoms with E-state index in [1.165, 1.54) is 11.9 Å². The Labute approximate surface area is 103 Å². The fourth-order valence-electron chi connectivity index (χ4n) is 1.52. The van der Waals surface area contributed by atoms with Crippen molar-refractivity contribution in [2.24, 2.45) is 11.7 Å². The van der Waals surface area contributed by atoms with Crippen molar-refractivity contribution in [1.82, 2.24) is 4.90 Å². The van der Waals surface area contributed by atoms with Gasteiger partial charge in [-0.3, -0.25) is 4.79 Å². The van der Waals surface area contributed by atoms with Gasteiger partial charge in [-0.25, -0.2) is 13.2 Å². The summed E-state index contributed by atoms with van der Waals surface area (Å²) in [6, 6.07) is 1.37. The van der Waals surface area contributed by atoms with Gasteiger partial charge in [0.1, 0.15) is 0 Å². The van der Waals surface area contributed by atoms with E-state index < -0.39 is 23.4 Å². The van der Waals surface area contributed by atoms with Crippen LogP contribution >= 0.6 is 0 Å². The zero-order valence-electron chi connectivity index (χ0n) is 10.2. The fraction of sp³-hybridized carbons (Fsp3) is 0.417. The molecule has 0 fully saturated rings. The summed E-state index contributed by atoms with van der Waals surface area (Å²) in [4.78, 5) is 13.1. The lowest BCUT2D eigenvalue weighted by Gasteiger charge is -2.20. The Balaban J connectivity index is 2.90. The van der Waals surface area contributed by atoms with Crippen LogP contribution in [0, 0.1) is 23.4 Å². The first-order valence-corrected chi connectivity index (χ1v) is 5.46. The first-order chi connectivity index (χ1) is 8.36. The van der Waals surface area contributed by atoms with Crippen LogP contribution in [-0.2, 0) is 0 Å². The SMILES string of the molecule is CC(CN)CN(C)C(=O)c1cc(F)c(F)c(F)c1. The average Bonchev–Trinajstić information content (AvgIpc) is 2.33. The van der Waals surface area contributed by atoms with Gasteiger partial charge in [0.05, 0.1) is 0 Å². The Kier molecular flexibility index (Phi) is 4.72. The summed E-state index contributed by atoms with van der Waals surface area (Å²) in [6.07, 6.45) is 0. The second kappa shape index (κ2) is 5.86. The van der Waals surface area contributed by atoms with E-state index in [1.54, 1.807) is 0 Å². The highest BCUT2D eigenvalue weighted by atomic mass is 19.2. The third kappa shape index (κ3) is 3.22. The molecule has 1 aromatic rings. The smallest absolute Gasteiger partial charge is 0.253 e. The molecule has 1 unspecified atom stereocenters. The van der Waals surface area contributed by atoms with Crippen LogP contribution in [0.5, 0.6) is 0 Å². The zero-order valence-corrected chi connectivity index (χ0v) is 10.2. The summed E-state index contributed by atoms with van der Waals surface area (Å²) in [5, 5.41) is 0. The van der Waals surface area contributed by atoms with E-state index in [9.17, 15) is 18.0 Å². The summed E-state index contributed by atoms with van der Waals surface area (Å²) in [5.41, 5.74) is 5.20. The molecule has 0 saturated heterocycles. The molecule has 1 rings (SSSR count). The van der Waals surface area contributed by atoms with Crippen LogP contribution < -0.4 is 5.73 Å². The largest absolute Gasteiger partial charge is 0.341 e. The number of amides is 1. The van der Waals surface area contributed by atoms with Gasteiger partial charge in [-0.05, 0) is 24.6 Å². The fourth-order valence-corrected chi connectivity index (χ4v) is 1.52.